The lowest BCUT2D eigenvalue weighted by Gasteiger charge is -2.49. The van der Waals surface area contributed by atoms with Gasteiger partial charge in [0.15, 0.2) is 11.6 Å². The van der Waals surface area contributed by atoms with Gasteiger partial charge in [-0.15, -0.1) is 0 Å². The Hall–Kier alpha value is -3.22. The third-order valence-electron chi connectivity index (χ3n) is 9.06. The average Bonchev–Trinajstić information content (AvgIpc) is 2.91. The van der Waals surface area contributed by atoms with Gasteiger partial charge < -0.3 is 14.4 Å². The van der Waals surface area contributed by atoms with Crippen molar-refractivity contribution in [1.82, 2.24) is 4.90 Å². The van der Waals surface area contributed by atoms with E-state index in [1.54, 1.807) is 7.11 Å². The molecular weight excluding hydrogens is 512 g/mol. The van der Waals surface area contributed by atoms with Crippen LogP contribution in [0, 0.1) is 10.8 Å². The smallest absolute Gasteiger partial charge is 0.162 e. The number of rotatable bonds is 5. The first-order valence-corrected chi connectivity index (χ1v) is 14.9. The van der Waals surface area contributed by atoms with Crippen LogP contribution >= 0.6 is 0 Å². The average molecular weight is 555 g/mol. The summed E-state index contributed by atoms with van der Waals surface area (Å²) in [5, 5.41) is 0. The molecule has 2 heterocycles. The standard InChI is InChI=1S/C35H42N2O4/c1-34(2)18-26-32(28(38)20-34)31(23-11-12-30(40-5)24(17-23)22-36-13-15-41-16-14-36)33-27(19-35(3,4)21-29(33)39)37(26)25-9-7-6-8-10-25/h6-12,17,31H,13-16,18-22H2,1-5H3. The molecule has 216 valence electrons. The van der Waals surface area contributed by atoms with Crippen molar-refractivity contribution < 1.29 is 19.1 Å². The number of morpholine rings is 1. The number of methoxy groups -OCH3 is 1. The van der Waals surface area contributed by atoms with Gasteiger partial charge in [0, 0.05) is 72.2 Å². The van der Waals surface area contributed by atoms with Crippen LogP contribution in [0.5, 0.6) is 5.75 Å². The number of carbonyl (C=O) groups excluding carboxylic acids is 2. The summed E-state index contributed by atoms with van der Waals surface area (Å²) in [4.78, 5) is 33.0. The van der Waals surface area contributed by atoms with Crippen molar-refractivity contribution in [2.75, 3.05) is 38.3 Å². The Balaban J connectivity index is 1.56. The highest BCUT2D eigenvalue weighted by Crippen LogP contribution is 2.55. The molecule has 2 aromatic rings. The molecule has 0 saturated carbocycles. The van der Waals surface area contributed by atoms with Crippen molar-refractivity contribution in [2.24, 2.45) is 10.8 Å². The number of nitrogens with zero attached hydrogens (tertiary/aromatic N) is 2. The SMILES string of the molecule is COc1ccc(C2C3=C(CC(C)(C)CC3=O)N(c3ccccc3)C3=C2C(=O)CC(C)(C)C3)cc1CN1CCOCC1. The molecule has 6 rings (SSSR count). The lowest BCUT2D eigenvalue weighted by atomic mass is 9.63. The zero-order valence-electron chi connectivity index (χ0n) is 25.1. The van der Waals surface area contributed by atoms with Crippen molar-refractivity contribution in [3.63, 3.8) is 0 Å². The lowest BCUT2D eigenvalue weighted by Crippen LogP contribution is -2.44. The van der Waals surface area contributed by atoms with E-state index in [4.69, 9.17) is 9.47 Å². The summed E-state index contributed by atoms with van der Waals surface area (Å²) in [6.45, 7) is 12.6. The number of carbonyl (C=O) groups is 2. The van der Waals surface area contributed by atoms with E-state index < -0.39 is 0 Å². The quantitative estimate of drug-likeness (QED) is 0.425. The Morgan fingerprint density at radius 3 is 1.98 bits per heavy atom. The van der Waals surface area contributed by atoms with Crippen molar-refractivity contribution >= 4 is 17.3 Å². The van der Waals surface area contributed by atoms with E-state index in [1.807, 2.05) is 24.3 Å². The summed E-state index contributed by atoms with van der Waals surface area (Å²) < 4.78 is 11.4. The Morgan fingerprint density at radius 1 is 0.829 bits per heavy atom. The van der Waals surface area contributed by atoms with Crippen LogP contribution in [0.4, 0.5) is 5.69 Å². The minimum absolute atomic E-state index is 0.150. The third-order valence-corrected chi connectivity index (χ3v) is 9.06. The fraction of sp³-hybridized carbons (Fsp3) is 0.486. The minimum Gasteiger partial charge on any atom is -0.496 e. The molecule has 0 radical (unpaired) electrons. The van der Waals surface area contributed by atoms with Crippen molar-refractivity contribution in [3.8, 4) is 5.75 Å². The van der Waals surface area contributed by atoms with Crippen molar-refractivity contribution in [1.29, 1.82) is 0 Å². The summed E-state index contributed by atoms with van der Waals surface area (Å²) in [5.74, 6) is 0.757. The molecule has 1 fully saturated rings. The van der Waals surface area contributed by atoms with Crippen LogP contribution in [-0.2, 0) is 20.9 Å². The fourth-order valence-corrected chi connectivity index (χ4v) is 7.29. The Bertz CT molecular complexity index is 1380. The van der Waals surface area contributed by atoms with Crippen LogP contribution in [-0.4, -0.2) is 49.9 Å². The minimum atomic E-state index is -0.374. The molecule has 41 heavy (non-hydrogen) atoms. The van der Waals surface area contributed by atoms with Gasteiger partial charge in [0.05, 0.1) is 20.3 Å². The number of benzene rings is 2. The number of allylic oxidation sites excluding steroid dienone is 4. The molecular formula is C35H42N2O4. The highest BCUT2D eigenvalue weighted by Gasteiger charge is 2.49. The summed E-state index contributed by atoms with van der Waals surface area (Å²) in [5.41, 5.74) is 6.46. The van der Waals surface area contributed by atoms with Gasteiger partial charge in [-0.05, 0) is 53.5 Å². The van der Waals surface area contributed by atoms with E-state index in [9.17, 15) is 9.59 Å². The zero-order chi connectivity index (χ0) is 28.9. The highest BCUT2D eigenvalue weighted by atomic mass is 16.5. The molecule has 0 bridgehead atoms. The number of Topliss-reactive ketones (excluding diaryl/α,β-unsaturated/α-hetero) is 2. The molecule has 1 saturated heterocycles. The second-order valence-corrected chi connectivity index (χ2v) is 13.7. The molecule has 6 heteroatoms. The van der Waals surface area contributed by atoms with E-state index in [2.05, 4.69) is 61.8 Å². The van der Waals surface area contributed by atoms with Crippen LogP contribution in [0.1, 0.15) is 70.4 Å². The van der Waals surface area contributed by atoms with Crippen LogP contribution in [0.2, 0.25) is 0 Å². The maximum Gasteiger partial charge on any atom is 0.162 e. The van der Waals surface area contributed by atoms with Crippen LogP contribution in [0.3, 0.4) is 0 Å². The summed E-state index contributed by atoms with van der Waals surface area (Å²) in [6, 6.07) is 16.6. The maximum atomic E-state index is 14.2. The largest absolute Gasteiger partial charge is 0.496 e. The fourth-order valence-electron chi connectivity index (χ4n) is 7.29. The molecule has 2 aromatic carbocycles. The maximum absolute atomic E-state index is 14.2. The lowest BCUT2D eigenvalue weighted by molar-refractivity contribution is -0.119. The van der Waals surface area contributed by atoms with E-state index in [0.29, 0.717) is 12.8 Å². The first-order valence-electron chi connectivity index (χ1n) is 14.9. The second-order valence-electron chi connectivity index (χ2n) is 13.7. The Labute approximate surface area is 244 Å². The summed E-state index contributed by atoms with van der Waals surface area (Å²) in [7, 11) is 1.71. The summed E-state index contributed by atoms with van der Waals surface area (Å²) in [6.07, 6.45) is 2.51. The van der Waals surface area contributed by atoms with Gasteiger partial charge in [0.2, 0.25) is 0 Å². The van der Waals surface area contributed by atoms with Crippen molar-refractivity contribution in [3.05, 3.63) is 82.2 Å². The summed E-state index contributed by atoms with van der Waals surface area (Å²) >= 11 is 0. The highest BCUT2D eigenvalue weighted by molar-refractivity contribution is 6.08. The van der Waals surface area contributed by atoms with Gasteiger partial charge in [0.1, 0.15) is 5.75 Å². The molecule has 0 atom stereocenters. The first-order chi connectivity index (χ1) is 19.6. The van der Waals surface area contributed by atoms with Gasteiger partial charge in [-0.2, -0.15) is 0 Å². The van der Waals surface area contributed by atoms with Gasteiger partial charge in [-0.25, -0.2) is 0 Å². The molecule has 6 nitrogen and oxygen atoms in total. The molecule has 2 aliphatic heterocycles. The van der Waals surface area contributed by atoms with Gasteiger partial charge >= 0.3 is 0 Å². The Morgan fingerprint density at radius 2 is 1.41 bits per heavy atom. The predicted molar refractivity (Wildman–Crippen MR) is 161 cm³/mol. The molecule has 0 amide bonds. The molecule has 0 spiro atoms. The third kappa shape index (κ3) is 5.28. The van der Waals surface area contributed by atoms with Crippen LogP contribution < -0.4 is 9.64 Å². The zero-order valence-corrected chi connectivity index (χ0v) is 25.1. The van der Waals surface area contributed by atoms with E-state index in [0.717, 1.165) is 90.8 Å². The number of anilines is 1. The van der Waals surface area contributed by atoms with Gasteiger partial charge in [0.25, 0.3) is 0 Å². The first kappa shape index (κ1) is 27.9. The number of hydrogen-bond donors (Lipinski definition) is 0. The van der Waals surface area contributed by atoms with Gasteiger partial charge in [-0.1, -0.05) is 52.0 Å². The van der Waals surface area contributed by atoms with E-state index in [-0.39, 0.29) is 28.3 Å². The topological polar surface area (TPSA) is 59.1 Å². The van der Waals surface area contributed by atoms with Crippen molar-refractivity contribution in [2.45, 2.75) is 65.8 Å². The molecule has 2 aliphatic carbocycles. The van der Waals surface area contributed by atoms with E-state index in [1.165, 1.54) is 0 Å². The van der Waals surface area contributed by atoms with Crippen LogP contribution in [0.15, 0.2) is 71.1 Å². The normalized spacial score (nSPS) is 23.0. The number of ether oxygens (including phenoxy) is 2. The number of para-hydroxylation sites is 1. The van der Waals surface area contributed by atoms with Crippen LogP contribution in [0.25, 0.3) is 0 Å². The number of hydrogen-bond acceptors (Lipinski definition) is 6. The van der Waals surface area contributed by atoms with Gasteiger partial charge in [-0.3, -0.25) is 14.5 Å². The second kappa shape index (κ2) is 10.6. The van der Waals surface area contributed by atoms with E-state index >= 15 is 0 Å². The molecule has 0 N–H and O–H groups in total. The predicted octanol–water partition coefficient (Wildman–Crippen LogP) is 6.42. The Kier molecular flexibility index (Phi) is 7.19. The molecule has 0 aromatic heterocycles. The molecule has 4 aliphatic rings. The molecule has 0 unspecified atom stereocenters. The number of ketones is 2. The monoisotopic (exact) mass is 554 g/mol.